The van der Waals surface area contributed by atoms with E-state index in [0.717, 1.165) is 24.4 Å². The number of primary amides is 1. The van der Waals surface area contributed by atoms with Crippen molar-refractivity contribution in [1.29, 1.82) is 0 Å². The van der Waals surface area contributed by atoms with Crippen LogP contribution in [0.25, 0.3) is 0 Å². The first kappa shape index (κ1) is 31.0. The summed E-state index contributed by atoms with van der Waals surface area (Å²) in [7, 11) is 16.0. The first-order valence-electron chi connectivity index (χ1n) is 10.6. The molecule has 41 heavy (non-hydrogen) atoms. The Hall–Kier alpha value is -4.57. The van der Waals surface area contributed by atoms with E-state index < -0.39 is 70.0 Å². The number of nitrogens with two attached hydrogens (primary N) is 1. The van der Waals surface area contributed by atoms with E-state index in [1.165, 1.54) is 0 Å². The van der Waals surface area contributed by atoms with E-state index in [2.05, 4.69) is 19.8 Å². The maximum absolute atomic E-state index is 15.2. The zero-order valence-corrected chi connectivity index (χ0v) is 20.0. The molecule has 6 radical (unpaired) electrons. The second-order valence-corrected chi connectivity index (χ2v) is 7.76. The fourth-order valence-corrected chi connectivity index (χ4v) is 3.01. The van der Waals surface area contributed by atoms with Gasteiger partial charge in [0.05, 0.1) is 11.9 Å². The predicted octanol–water partition coefficient (Wildman–Crippen LogP) is 3.66. The molecule has 0 unspecified atom stereocenters. The second-order valence-electron chi connectivity index (χ2n) is 7.76. The molecule has 0 saturated heterocycles. The average Bonchev–Trinajstić information content (AvgIpc) is 2.80. The molecule has 1 heterocycles. The first-order chi connectivity index (χ1) is 18.8. The zero-order valence-electron chi connectivity index (χ0n) is 20.0. The van der Waals surface area contributed by atoms with Gasteiger partial charge in [0.1, 0.15) is 46.3 Å². The van der Waals surface area contributed by atoms with Crippen LogP contribution in [-0.2, 0) is 0 Å². The van der Waals surface area contributed by atoms with Crippen molar-refractivity contribution in [1.82, 2.24) is 4.98 Å². The van der Waals surface area contributed by atoms with Gasteiger partial charge in [0, 0.05) is 6.07 Å². The number of nitrogens with one attached hydrogen (secondary N) is 1. The van der Waals surface area contributed by atoms with Gasteiger partial charge in [-0.25, -0.2) is 9.37 Å². The lowest BCUT2D eigenvalue weighted by molar-refractivity contribution is -0.276. The highest BCUT2D eigenvalue weighted by Crippen LogP contribution is 2.40. The summed E-state index contributed by atoms with van der Waals surface area (Å²) in [6, 6.07) is 5.42. The van der Waals surface area contributed by atoms with Crippen LogP contribution < -0.4 is 30.0 Å². The van der Waals surface area contributed by atoms with Crippen LogP contribution in [0.4, 0.5) is 36.4 Å². The van der Waals surface area contributed by atoms with Crippen LogP contribution in [0.2, 0.25) is 0 Å². The Morgan fingerprint density at radius 1 is 0.805 bits per heavy atom. The number of alkyl halides is 6. The average molecular weight is 579 g/mol. The molecule has 0 spiro atoms. The van der Waals surface area contributed by atoms with Gasteiger partial charge in [0.25, 0.3) is 11.8 Å². The smallest absolute Gasteiger partial charge is 0.512 e. The van der Waals surface area contributed by atoms with Crippen LogP contribution in [0.1, 0.15) is 20.8 Å². The van der Waals surface area contributed by atoms with Gasteiger partial charge >= 0.3 is 12.7 Å². The van der Waals surface area contributed by atoms with Gasteiger partial charge in [-0.2, -0.15) is 0 Å². The number of nitrogens with zero attached hydrogens (tertiary/aromatic N) is 1. The summed E-state index contributed by atoms with van der Waals surface area (Å²) in [5, 5.41) is -0.383. The lowest BCUT2D eigenvalue weighted by Crippen LogP contribution is -2.37. The third-order valence-electron chi connectivity index (χ3n) is 4.45. The highest BCUT2D eigenvalue weighted by atomic mass is 19.4. The molecule has 0 saturated carbocycles. The third-order valence-corrected chi connectivity index (χ3v) is 4.45. The number of halogens is 7. The molecule has 0 bridgehead atoms. The second kappa shape index (κ2) is 11.5. The van der Waals surface area contributed by atoms with Crippen molar-refractivity contribution in [2.75, 3.05) is 5.32 Å². The molecular formula is C22H11B3F7N3O6. The van der Waals surface area contributed by atoms with E-state index in [1.807, 2.05) is 0 Å². The van der Waals surface area contributed by atoms with Crippen molar-refractivity contribution >= 4 is 41.0 Å². The molecular weight excluding hydrogens is 568 g/mol. The van der Waals surface area contributed by atoms with Gasteiger partial charge in [-0.05, 0) is 41.7 Å². The number of carbonyl (C=O) groups is 2. The summed E-state index contributed by atoms with van der Waals surface area (Å²) in [4.78, 5) is 27.8. The van der Waals surface area contributed by atoms with Gasteiger partial charge in [0.15, 0.2) is 23.1 Å². The van der Waals surface area contributed by atoms with Gasteiger partial charge < -0.3 is 30.0 Å². The summed E-state index contributed by atoms with van der Waals surface area (Å²) in [6.07, 6.45) is -9.58. The van der Waals surface area contributed by atoms with Crippen LogP contribution in [-0.4, -0.2) is 58.4 Å². The Balaban J connectivity index is 2.08. The normalized spacial score (nSPS) is 11.9. The molecule has 9 nitrogen and oxygen atoms in total. The Morgan fingerprint density at radius 3 is 1.95 bits per heavy atom. The standard InChI is InChI=1S/C22H11B3F7N3O6/c23-20(24,25)40-15-7-10(39-21(27,28)29)2-4-12(15)38-13-5-6-14(41-22(30,31)32)17(26)16(13)19(37)35-9-1-3-11(18(33)36)34-8-9/h1-8H,(H2,33,36)(H,35,37). The van der Waals surface area contributed by atoms with Crippen LogP contribution in [0.15, 0.2) is 48.7 Å². The summed E-state index contributed by atoms with van der Waals surface area (Å²) >= 11 is 0. The van der Waals surface area contributed by atoms with E-state index in [4.69, 9.17) is 38.7 Å². The summed E-state index contributed by atoms with van der Waals surface area (Å²) in [6.45, 7) is 0. The molecule has 1 aromatic heterocycles. The minimum absolute atomic E-state index is 0.163. The molecule has 0 aliphatic heterocycles. The fraction of sp³-hybridized carbons (Fsp3) is 0.136. The van der Waals surface area contributed by atoms with Gasteiger partial charge in [-0.1, -0.05) is 0 Å². The molecule has 3 aromatic rings. The molecule has 0 fully saturated rings. The largest absolute Gasteiger partial charge is 0.573 e. The molecule has 19 heteroatoms. The number of anilines is 1. The number of carbonyl (C=O) groups excluding carboxylic acids is 2. The fourth-order valence-electron chi connectivity index (χ4n) is 3.01. The van der Waals surface area contributed by atoms with Gasteiger partial charge in [0.2, 0.25) is 0 Å². The maximum Gasteiger partial charge on any atom is 0.573 e. The van der Waals surface area contributed by atoms with Gasteiger partial charge in [-0.15, -0.1) is 26.3 Å². The molecule has 0 aliphatic rings. The van der Waals surface area contributed by atoms with Gasteiger partial charge in [-0.3, -0.25) is 9.59 Å². The summed E-state index contributed by atoms with van der Waals surface area (Å²) in [5.74, 6) is -8.58. The molecule has 208 valence electrons. The Morgan fingerprint density at radius 2 is 1.41 bits per heavy atom. The lowest BCUT2D eigenvalue weighted by Gasteiger charge is -2.25. The number of aromatic nitrogens is 1. The minimum atomic E-state index is -5.37. The quantitative estimate of drug-likeness (QED) is 0.294. The number of hydrogen-bond acceptors (Lipinski definition) is 7. The molecule has 2 amide bonds. The summed E-state index contributed by atoms with van der Waals surface area (Å²) in [5.41, 5.74) is 3.52. The van der Waals surface area contributed by atoms with Crippen molar-refractivity contribution in [3.8, 4) is 28.7 Å². The monoisotopic (exact) mass is 579 g/mol. The zero-order chi connectivity index (χ0) is 30.8. The molecule has 0 atom stereocenters. The van der Waals surface area contributed by atoms with Crippen LogP contribution in [0.3, 0.4) is 0 Å². The molecule has 0 aliphatic carbocycles. The molecule has 3 N–H and O–H groups in total. The molecule has 3 rings (SSSR count). The Kier molecular flexibility index (Phi) is 8.69. The van der Waals surface area contributed by atoms with E-state index in [9.17, 15) is 35.9 Å². The number of rotatable bonds is 9. The minimum Gasteiger partial charge on any atom is -0.512 e. The number of pyridine rings is 1. The number of benzene rings is 2. The van der Waals surface area contributed by atoms with Crippen LogP contribution in [0, 0.1) is 5.82 Å². The summed E-state index contributed by atoms with van der Waals surface area (Å²) < 4.78 is 109. The number of hydrogen-bond donors (Lipinski definition) is 2. The van der Waals surface area contributed by atoms with Crippen LogP contribution >= 0.6 is 0 Å². The van der Waals surface area contributed by atoms with E-state index in [1.54, 1.807) is 0 Å². The van der Waals surface area contributed by atoms with Crippen LogP contribution in [0.5, 0.6) is 28.7 Å². The SMILES string of the molecule is [B]C([B])([B])Oc1cc(OC(F)(F)F)ccc1Oc1ccc(OC(F)(F)F)c(F)c1C(=O)Nc1ccc(C(N)=O)nc1. The van der Waals surface area contributed by atoms with Crippen molar-refractivity contribution in [3.05, 3.63) is 65.7 Å². The Labute approximate surface area is 229 Å². The van der Waals surface area contributed by atoms with E-state index in [-0.39, 0.29) is 11.4 Å². The lowest BCUT2D eigenvalue weighted by atomic mass is 9.52. The van der Waals surface area contributed by atoms with E-state index >= 15 is 4.39 Å². The highest BCUT2D eigenvalue weighted by Gasteiger charge is 2.35. The highest BCUT2D eigenvalue weighted by molar-refractivity contribution is 6.58. The number of amides is 2. The van der Waals surface area contributed by atoms with Crippen molar-refractivity contribution in [2.24, 2.45) is 5.73 Å². The maximum atomic E-state index is 15.2. The Bertz CT molecular complexity index is 1450. The van der Waals surface area contributed by atoms with Crippen molar-refractivity contribution in [3.63, 3.8) is 0 Å². The topological polar surface area (TPSA) is 122 Å². The first-order valence-corrected chi connectivity index (χ1v) is 10.6. The number of ether oxygens (including phenoxy) is 4. The van der Waals surface area contributed by atoms with Crippen molar-refractivity contribution < 1.29 is 59.3 Å². The predicted molar refractivity (Wildman–Crippen MR) is 128 cm³/mol. The van der Waals surface area contributed by atoms with E-state index in [0.29, 0.717) is 24.3 Å². The van der Waals surface area contributed by atoms with Crippen molar-refractivity contribution in [2.45, 2.75) is 18.0 Å². The molecule has 2 aromatic carbocycles. The third kappa shape index (κ3) is 8.98.